The van der Waals surface area contributed by atoms with Crippen molar-refractivity contribution in [3.8, 4) is 0 Å². The van der Waals surface area contributed by atoms with Crippen LogP contribution < -0.4 is 0 Å². The van der Waals surface area contributed by atoms with Crippen molar-refractivity contribution in [2.75, 3.05) is 20.1 Å². The van der Waals surface area contributed by atoms with E-state index < -0.39 is 0 Å². The number of aliphatic imine (C=N–C) groups is 1. The predicted molar refractivity (Wildman–Crippen MR) is 140 cm³/mol. The fraction of sp³-hybridized carbons (Fsp3) is 0.400. The second kappa shape index (κ2) is 9.71. The highest BCUT2D eigenvalue weighted by Crippen LogP contribution is 2.34. The van der Waals surface area contributed by atoms with Gasteiger partial charge in [-0.1, -0.05) is 37.3 Å². The third kappa shape index (κ3) is 4.78. The fourth-order valence-corrected chi connectivity index (χ4v) is 5.29. The Balaban J connectivity index is 1.43. The van der Waals surface area contributed by atoms with E-state index in [9.17, 15) is 4.79 Å². The van der Waals surface area contributed by atoms with Crippen molar-refractivity contribution in [3.05, 3.63) is 94.1 Å². The van der Waals surface area contributed by atoms with Gasteiger partial charge in [-0.15, -0.1) is 0 Å². The minimum Gasteiger partial charge on any atom is -0.302 e. The van der Waals surface area contributed by atoms with Gasteiger partial charge in [0.2, 0.25) is 0 Å². The number of nitrogens with zero attached hydrogens (tertiary/aromatic N) is 3. The Kier molecular flexibility index (Phi) is 6.51. The van der Waals surface area contributed by atoms with Crippen LogP contribution in [-0.2, 0) is 4.79 Å². The van der Waals surface area contributed by atoms with Crippen LogP contribution in [0.2, 0.25) is 0 Å². The predicted octanol–water partition coefficient (Wildman–Crippen LogP) is 6.17. The number of carbonyl (C=O) groups is 1. The summed E-state index contributed by atoms with van der Waals surface area (Å²) in [4.78, 5) is 22.5. The molecule has 0 N–H and O–H groups in total. The highest BCUT2D eigenvalue weighted by molar-refractivity contribution is 5.92. The molecule has 4 nitrogen and oxygen atoms in total. The molecule has 0 aromatic heterocycles. The van der Waals surface area contributed by atoms with Crippen molar-refractivity contribution < 1.29 is 4.79 Å². The number of hydrogen-bond acceptors (Lipinski definition) is 3. The van der Waals surface area contributed by atoms with Gasteiger partial charge in [-0.2, -0.15) is 0 Å². The third-order valence-corrected chi connectivity index (χ3v) is 7.52. The highest BCUT2D eigenvalue weighted by atomic mass is 16.2. The van der Waals surface area contributed by atoms with Crippen LogP contribution in [0.1, 0.15) is 52.4 Å². The van der Waals surface area contributed by atoms with Gasteiger partial charge in [-0.05, 0) is 98.4 Å². The van der Waals surface area contributed by atoms with Crippen LogP contribution in [-0.4, -0.2) is 41.6 Å². The van der Waals surface area contributed by atoms with Crippen LogP contribution >= 0.6 is 0 Å². The van der Waals surface area contributed by atoms with Crippen molar-refractivity contribution in [1.82, 2.24) is 9.80 Å². The van der Waals surface area contributed by atoms with Crippen LogP contribution in [0.3, 0.4) is 0 Å². The average Bonchev–Trinajstić information content (AvgIpc) is 2.82. The molecule has 1 atom stereocenters. The molecule has 1 unspecified atom stereocenters. The smallest absolute Gasteiger partial charge is 0.255 e. The maximum Gasteiger partial charge on any atom is 0.255 e. The standard InChI is InChI=1S/C30H35N3O/c1-21-7-12-27-13-10-26(23-15-17-32(3)18-16-23)20-33(27)30(34)19-28(21)24-5-4-6-25-9-8-22(2)31-29(25)14-11-24/h5,10-15,19-21H,4,6-9,16-18H2,1-3H3/b14-11?,24-5?,27-12?,28-19+. The molecule has 0 saturated carbocycles. The van der Waals surface area contributed by atoms with Gasteiger partial charge in [0.05, 0.1) is 5.70 Å². The zero-order valence-electron chi connectivity index (χ0n) is 20.7. The van der Waals surface area contributed by atoms with E-state index in [1.54, 1.807) is 0 Å². The Labute approximate surface area is 203 Å². The second-order valence-corrected chi connectivity index (χ2v) is 10.1. The van der Waals surface area contributed by atoms with Gasteiger partial charge < -0.3 is 4.90 Å². The minimum absolute atomic E-state index is 0.0333. The minimum atomic E-state index is 0.0333. The average molecular weight is 454 g/mol. The summed E-state index contributed by atoms with van der Waals surface area (Å²) in [6, 6.07) is 0. The van der Waals surface area contributed by atoms with Gasteiger partial charge in [0.1, 0.15) is 0 Å². The summed E-state index contributed by atoms with van der Waals surface area (Å²) in [5, 5.41) is 0. The number of amides is 1. The Morgan fingerprint density at radius 2 is 1.82 bits per heavy atom. The Morgan fingerprint density at radius 3 is 2.65 bits per heavy atom. The number of hydrogen-bond donors (Lipinski definition) is 0. The molecule has 176 valence electrons. The summed E-state index contributed by atoms with van der Waals surface area (Å²) < 4.78 is 0. The summed E-state index contributed by atoms with van der Waals surface area (Å²) in [5.74, 6) is 0.306. The molecule has 0 saturated heterocycles. The van der Waals surface area contributed by atoms with Crippen molar-refractivity contribution in [1.29, 1.82) is 0 Å². The summed E-state index contributed by atoms with van der Waals surface area (Å²) >= 11 is 0. The first kappa shape index (κ1) is 22.8. The van der Waals surface area contributed by atoms with Crippen LogP contribution in [0.15, 0.2) is 99.1 Å². The van der Waals surface area contributed by atoms with Crippen LogP contribution in [0.25, 0.3) is 0 Å². The third-order valence-electron chi connectivity index (χ3n) is 7.52. The quantitative estimate of drug-likeness (QED) is 0.501. The van der Waals surface area contributed by atoms with Crippen molar-refractivity contribution in [3.63, 3.8) is 0 Å². The molecule has 4 heteroatoms. The molecule has 0 aromatic rings. The number of likely N-dealkylation sites (N-methyl/N-ethyl adjacent to an activating group) is 1. The molecule has 4 aliphatic heterocycles. The topological polar surface area (TPSA) is 35.9 Å². The summed E-state index contributed by atoms with van der Waals surface area (Å²) in [6.45, 7) is 6.36. The van der Waals surface area contributed by atoms with Crippen molar-refractivity contribution >= 4 is 11.6 Å². The van der Waals surface area contributed by atoms with Gasteiger partial charge >= 0.3 is 0 Å². The van der Waals surface area contributed by atoms with Gasteiger partial charge in [-0.25, -0.2) is 0 Å². The lowest BCUT2D eigenvalue weighted by Gasteiger charge is -2.29. The van der Waals surface area contributed by atoms with E-state index in [0.29, 0.717) is 0 Å². The lowest BCUT2D eigenvalue weighted by Crippen LogP contribution is -2.28. The van der Waals surface area contributed by atoms with Crippen molar-refractivity contribution in [2.24, 2.45) is 10.9 Å². The largest absolute Gasteiger partial charge is 0.302 e. The Morgan fingerprint density at radius 1 is 0.971 bits per heavy atom. The molecule has 5 aliphatic rings. The lowest BCUT2D eigenvalue weighted by molar-refractivity contribution is -0.122. The monoisotopic (exact) mass is 453 g/mol. The molecule has 0 bridgehead atoms. The molecule has 0 fully saturated rings. The maximum atomic E-state index is 13.5. The number of carbonyl (C=O) groups excluding carboxylic acids is 1. The summed E-state index contributed by atoms with van der Waals surface area (Å²) in [6.07, 6.45) is 25.5. The molecule has 0 spiro atoms. The molecule has 0 aromatic carbocycles. The van der Waals surface area contributed by atoms with Crippen LogP contribution in [0.4, 0.5) is 0 Å². The zero-order valence-corrected chi connectivity index (χ0v) is 20.7. The molecule has 1 aliphatic carbocycles. The molecular weight excluding hydrogens is 418 g/mol. The second-order valence-electron chi connectivity index (χ2n) is 10.1. The lowest BCUT2D eigenvalue weighted by atomic mass is 9.86. The number of rotatable bonds is 2. The molecule has 34 heavy (non-hydrogen) atoms. The van der Waals surface area contributed by atoms with E-state index in [0.717, 1.165) is 79.7 Å². The summed E-state index contributed by atoms with van der Waals surface area (Å²) in [5.41, 5.74) is 9.55. The summed E-state index contributed by atoms with van der Waals surface area (Å²) in [7, 11) is 2.15. The van der Waals surface area contributed by atoms with E-state index in [1.807, 2.05) is 17.2 Å². The maximum absolute atomic E-state index is 13.5. The Hall–Kier alpha value is -2.98. The highest BCUT2D eigenvalue weighted by Gasteiger charge is 2.24. The number of fused-ring (bicyclic) bond motifs is 1. The Bertz CT molecular complexity index is 1170. The van der Waals surface area contributed by atoms with Gasteiger partial charge in [-0.3, -0.25) is 14.7 Å². The first-order valence-electron chi connectivity index (χ1n) is 12.7. The molecule has 5 rings (SSSR count). The van der Waals surface area contributed by atoms with E-state index >= 15 is 0 Å². The molecular formula is C30H35N3O. The SMILES string of the molecule is CC1=NC2=C(CCC=C(/C3=C/C(=O)N4C=C(C5=CCN(C)CC5)C=CC4=CCC3C)C=C2)CC1. The van der Waals surface area contributed by atoms with E-state index in [4.69, 9.17) is 4.99 Å². The van der Waals surface area contributed by atoms with Crippen LogP contribution in [0, 0.1) is 5.92 Å². The van der Waals surface area contributed by atoms with Crippen molar-refractivity contribution in [2.45, 2.75) is 52.4 Å². The van der Waals surface area contributed by atoms with E-state index in [2.05, 4.69) is 68.3 Å². The first-order valence-corrected chi connectivity index (χ1v) is 12.7. The normalized spacial score (nSPS) is 27.6. The zero-order chi connectivity index (χ0) is 23.7. The molecule has 4 heterocycles. The molecule has 1 amide bonds. The molecule has 0 radical (unpaired) electrons. The fourth-order valence-electron chi connectivity index (χ4n) is 5.29. The van der Waals surface area contributed by atoms with Crippen LogP contribution in [0.5, 0.6) is 0 Å². The van der Waals surface area contributed by atoms with Gasteiger partial charge in [0, 0.05) is 36.8 Å². The van der Waals surface area contributed by atoms with Gasteiger partial charge in [0.15, 0.2) is 0 Å². The van der Waals surface area contributed by atoms with E-state index in [-0.39, 0.29) is 11.8 Å². The number of allylic oxidation sites excluding steroid dienone is 10. The van der Waals surface area contributed by atoms with Gasteiger partial charge in [0.25, 0.3) is 5.91 Å². The first-order chi connectivity index (χ1) is 16.5. The van der Waals surface area contributed by atoms with E-state index in [1.165, 1.54) is 16.9 Å².